The summed E-state index contributed by atoms with van der Waals surface area (Å²) in [6.07, 6.45) is 0. The van der Waals surface area contributed by atoms with E-state index in [0.29, 0.717) is 5.92 Å². The first-order chi connectivity index (χ1) is 10.0. The second-order valence-electron chi connectivity index (χ2n) is 5.32. The van der Waals surface area contributed by atoms with Crippen molar-refractivity contribution >= 4 is 33.2 Å². The van der Waals surface area contributed by atoms with Crippen LogP contribution in [0.3, 0.4) is 0 Å². The molecule has 0 fully saturated rings. The van der Waals surface area contributed by atoms with Crippen molar-refractivity contribution in [2.75, 3.05) is 11.9 Å². The molecule has 112 valence electrons. The molecule has 0 unspecified atom stereocenters. The number of ether oxygens (including phenoxy) is 1. The van der Waals surface area contributed by atoms with Crippen LogP contribution in [-0.2, 0) is 6.54 Å². The van der Waals surface area contributed by atoms with E-state index in [1.165, 1.54) is 0 Å². The summed E-state index contributed by atoms with van der Waals surface area (Å²) in [4.78, 5) is 0. The van der Waals surface area contributed by atoms with E-state index < -0.39 is 0 Å². The zero-order chi connectivity index (χ0) is 15.2. The molecule has 0 saturated carbocycles. The van der Waals surface area contributed by atoms with E-state index in [4.69, 9.17) is 16.3 Å². The van der Waals surface area contributed by atoms with Crippen molar-refractivity contribution in [2.24, 2.45) is 5.92 Å². The molecule has 0 aromatic heterocycles. The fourth-order valence-corrected chi connectivity index (χ4v) is 2.64. The topological polar surface area (TPSA) is 21.3 Å². The van der Waals surface area contributed by atoms with Crippen molar-refractivity contribution in [3.05, 3.63) is 57.5 Å². The third-order valence-corrected chi connectivity index (χ3v) is 3.89. The first-order valence-electron chi connectivity index (χ1n) is 6.95. The molecule has 0 saturated heterocycles. The average molecular weight is 369 g/mol. The summed E-state index contributed by atoms with van der Waals surface area (Å²) in [7, 11) is 0. The molecule has 21 heavy (non-hydrogen) atoms. The summed E-state index contributed by atoms with van der Waals surface area (Å²) in [6.45, 7) is 5.73. The van der Waals surface area contributed by atoms with Gasteiger partial charge in [0.1, 0.15) is 5.75 Å². The van der Waals surface area contributed by atoms with Gasteiger partial charge in [-0.1, -0.05) is 53.5 Å². The van der Waals surface area contributed by atoms with Gasteiger partial charge in [0, 0.05) is 27.8 Å². The van der Waals surface area contributed by atoms with Crippen molar-refractivity contribution < 1.29 is 4.74 Å². The van der Waals surface area contributed by atoms with Gasteiger partial charge in [0.05, 0.1) is 6.61 Å². The number of rotatable bonds is 6. The van der Waals surface area contributed by atoms with Crippen molar-refractivity contribution in [1.82, 2.24) is 0 Å². The number of halogens is 2. The minimum Gasteiger partial charge on any atom is -0.493 e. The molecule has 4 heteroatoms. The van der Waals surface area contributed by atoms with Gasteiger partial charge in [-0.2, -0.15) is 0 Å². The maximum absolute atomic E-state index is 5.95. The van der Waals surface area contributed by atoms with E-state index in [9.17, 15) is 0 Å². The van der Waals surface area contributed by atoms with Gasteiger partial charge in [0.15, 0.2) is 0 Å². The monoisotopic (exact) mass is 367 g/mol. The van der Waals surface area contributed by atoms with Crippen LogP contribution in [0, 0.1) is 5.92 Å². The molecular formula is C17H19BrClNO. The molecule has 2 aromatic carbocycles. The second-order valence-corrected chi connectivity index (χ2v) is 6.61. The molecule has 0 spiro atoms. The minimum absolute atomic E-state index is 0.520. The predicted octanol–water partition coefficient (Wildman–Crippen LogP) is 5.75. The molecule has 0 heterocycles. The van der Waals surface area contributed by atoms with Gasteiger partial charge in [-0.15, -0.1) is 0 Å². The molecule has 0 atom stereocenters. The molecular weight excluding hydrogens is 350 g/mol. The number of hydrogen-bond acceptors (Lipinski definition) is 2. The van der Waals surface area contributed by atoms with Crippen molar-refractivity contribution in [3.63, 3.8) is 0 Å². The van der Waals surface area contributed by atoms with Gasteiger partial charge in [0.2, 0.25) is 0 Å². The minimum atomic E-state index is 0.520. The molecule has 0 radical (unpaired) electrons. The summed E-state index contributed by atoms with van der Waals surface area (Å²) in [5.74, 6) is 1.41. The van der Waals surface area contributed by atoms with Crippen LogP contribution < -0.4 is 10.1 Å². The Morgan fingerprint density at radius 2 is 2.00 bits per heavy atom. The van der Waals surface area contributed by atoms with Crippen LogP contribution in [0.5, 0.6) is 5.75 Å². The summed E-state index contributed by atoms with van der Waals surface area (Å²) >= 11 is 9.47. The van der Waals surface area contributed by atoms with Gasteiger partial charge in [0.25, 0.3) is 0 Å². The number of anilines is 1. The van der Waals surface area contributed by atoms with Gasteiger partial charge >= 0.3 is 0 Å². The van der Waals surface area contributed by atoms with E-state index in [-0.39, 0.29) is 0 Å². The molecule has 0 amide bonds. The third kappa shape index (κ3) is 5.25. The summed E-state index contributed by atoms with van der Waals surface area (Å²) in [6, 6.07) is 13.8. The normalized spacial score (nSPS) is 10.7. The molecule has 0 bridgehead atoms. The zero-order valence-corrected chi connectivity index (χ0v) is 14.5. The molecule has 0 aliphatic rings. The smallest absolute Gasteiger partial charge is 0.121 e. The Morgan fingerprint density at radius 1 is 1.19 bits per heavy atom. The highest BCUT2D eigenvalue weighted by molar-refractivity contribution is 9.10. The van der Waals surface area contributed by atoms with Gasteiger partial charge in [-0.25, -0.2) is 0 Å². The molecule has 1 N–H and O–H groups in total. The maximum Gasteiger partial charge on any atom is 0.121 e. The summed E-state index contributed by atoms with van der Waals surface area (Å²) in [5, 5.41) is 4.13. The SMILES string of the molecule is CC(C)COc1cccc(NCc2ccc(Cl)cc2Br)c1. The van der Waals surface area contributed by atoms with E-state index >= 15 is 0 Å². The lowest BCUT2D eigenvalue weighted by molar-refractivity contribution is 0.271. The Kier molecular flexibility index (Phi) is 5.95. The fourth-order valence-electron chi connectivity index (χ4n) is 1.82. The highest BCUT2D eigenvalue weighted by Gasteiger charge is 2.02. The van der Waals surface area contributed by atoms with Gasteiger partial charge < -0.3 is 10.1 Å². The van der Waals surface area contributed by atoms with Crippen LogP contribution in [-0.4, -0.2) is 6.61 Å². The fraction of sp³-hybridized carbons (Fsp3) is 0.294. The third-order valence-electron chi connectivity index (χ3n) is 2.92. The number of hydrogen-bond donors (Lipinski definition) is 1. The lowest BCUT2D eigenvalue weighted by atomic mass is 10.2. The molecule has 2 nitrogen and oxygen atoms in total. The Bertz CT molecular complexity index is 601. The quantitative estimate of drug-likeness (QED) is 0.701. The standard InChI is InChI=1S/C17H19BrClNO/c1-12(2)11-21-16-5-3-4-15(9-16)20-10-13-6-7-14(19)8-17(13)18/h3-9,12,20H,10-11H2,1-2H3. The molecule has 2 rings (SSSR count). The van der Waals surface area contributed by atoms with Crippen LogP contribution in [0.25, 0.3) is 0 Å². The van der Waals surface area contributed by atoms with Gasteiger partial charge in [-0.3, -0.25) is 0 Å². The first kappa shape index (κ1) is 16.2. The van der Waals surface area contributed by atoms with Crippen molar-refractivity contribution in [3.8, 4) is 5.75 Å². The highest BCUT2D eigenvalue weighted by Crippen LogP contribution is 2.23. The Labute approximate surface area is 139 Å². The highest BCUT2D eigenvalue weighted by atomic mass is 79.9. The Morgan fingerprint density at radius 3 is 2.71 bits per heavy atom. The van der Waals surface area contributed by atoms with Crippen molar-refractivity contribution in [1.29, 1.82) is 0 Å². The van der Waals surface area contributed by atoms with E-state index in [1.807, 2.05) is 42.5 Å². The van der Waals surface area contributed by atoms with Crippen LogP contribution in [0.4, 0.5) is 5.69 Å². The maximum atomic E-state index is 5.95. The predicted molar refractivity (Wildman–Crippen MR) is 93.3 cm³/mol. The Hall–Kier alpha value is -1.19. The van der Waals surface area contributed by atoms with E-state index in [1.54, 1.807) is 0 Å². The number of nitrogens with one attached hydrogen (secondary N) is 1. The Balaban J connectivity index is 1.98. The average Bonchev–Trinajstić information content (AvgIpc) is 2.45. The van der Waals surface area contributed by atoms with Crippen LogP contribution in [0.1, 0.15) is 19.4 Å². The largest absolute Gasteiger partial charge is 0.493 e. The molecule has 2 aromatic rings. The lowest BCUT2D eigenvalue weighted by Crippen LogP contribution is -2.05. The summed E-state index contributed by atoms with van der Waals surface area (Å²) < 4.78 is 6.74. The van der Waals surface area contributed by atoms with E-state index in [0.717, 1.165) is 39.6 Å². The lowest BCUT2D eigenvalue weighted by Gasteiger charge is -2.12. The molecule has 0 aliphatic carbocycles. The van der Waals surface area contributed by atoms with Crippen LogP contribution in [0.2, 0.25) is 5.02 Å². The molecule has 0 aliphatic heterocycles. The van der Waals surface area contributed by atoms with Gasteiger partial charge in [-0.05, 0) is 35.7 Å². The van der Waals surface area contributed by atoms with Crippen molar-refractivity contribution in [2.45, 2.75) is 20.4 Å². The van der Waals surface area contributed by atoms with E-state index in [2.05, 4.69) is 35.1 Å². The van der Waals surface area contributed by atoms with Crippen LogP contribution in [0.15, 0.2) is 46.9 Å². The van der Waals surface area contributed by atoms with Crippen LogP contribution >= 0.6 is 27.5 Å². The zero-order valence-electron chi connectivity index (χ0n) is 12.2. The first-order valence-corrected chi connectivity index (χ1v) is 8.12. The second kappa shape index (κ2) is 7.71. The number of benzene rings is 2. The summed E-state index contributed by atoms with van der Waals surface area (Å²) in [5.41, 5.74) is 2.20.